The molecule has 100 valence electrons. The number of hydrogen-bond acceptors (Lipinski definition) is 0. The topological polar surface area (TPSA) is 32.1 Å². The summed E-state index contributed by atoms with van der Waals surface area (Å²) in [5.41, 5.74) is 5.64. The van der Waals surface area contributed by atoms with Crippen molar-refractivity contribution in [2.75, 3.05) is 13.1 Å². The van der Waals surface area contributed by atoms with Gasteiger partial charge >= 0.3 is 0 Å². The molecule has 0 aliphatic carbocycles. The summed E-state index contributed by atoms with van der Waals surface area (Å²) in [6.07, 6.45) is 4.11. The maximum absolute atomic E-state index is 4.14. The van der Waals surface area contributed by atoms with Crippen molar-refractivity contribution in [2.45, 2.75) is 31.8 Å². The van der Waals surface area contributed by atoms with Gasteiger partial charge in [-0.05, 0) is 23.6 Å². The molecule has 2 nitrogen and oxygen atoms in total. The largest absolute Gasteiger partial charge is 0.353 e. The second kappa shape index (κ2) is 5.72. The van der Waals surface area contributed by atoms with Gasteiger partial charge in [-0.3, -0.25) is 0 Å². The molecule has 2 heteroatoms. The molecule has 1 fully saturated rings. The Labute approximate surface area is 115 Å². The van der Waals surface area contributed by atoms with Gasteiger partial charge in [0.15, 0.2) is 0 Å². The van der Waals surface area contributed by atoms with Crippen molar-refractivity contribution in [1.82, 2.24) is 0 Å². The standard InChI is InChI=1S/C17H22N2/c18-12-16-9-3-4-11-19(16)13-15-8-5-7-14-6-1-2-10-17(14)15/h1-2,5-8,10,16H,3-4,9,11-13,18H2/p+2. The highest BCUT2D eigenvalue weighted by molar-refractivity contribution is 5.85. The van der Waals surface area contributed by atoms with Crippen LogP contribution in [0, 0.1) is 0 Å². The Hall–Kier alpha value is -1.38. The van der Waals surface area contributed by atoms with E-state index in [2.05, 4.69) is 48.2 Å². The molecule has 0 radical (unpaired) electrons. The Morgan fingerprint density at radius 2 is 1.89 bits per heavy atom. The first-order chi connectivity index (χ1) is 9.38. The van der Waals surface area contributed by atoms with Gasteiger partial charge in [-0.25, -0.2) is 0 Å². The molecule has 2 atom stereocenters. The molecule has 0 aromatic heterocycles. The fraction of sp³-hybridized carbons (Fsp3) is 0.412. The predicted octanol–water partition coefficient (Wildman–Crippen LogP) is 1.02. The second-order valence-electron chi connectivity index (χ2n) is 5.70. The molecule has 1 aliphatic heterocycles. The summed E-state index contributed by atoms with van der Waals surface area (Å²) >= 11 is 0. The summed E-state index contributed by atoms with van der Waals surface area (Å²) in [6.45, 7) is 3.53. The van der Waals surface area contributed by atoms with Crippen LogP contribution in [0.3, 0.4) is 0 Å². The molecule has 2 aromatic carbocycles. The summed E-state index contributed by atoms with van der Waals surface area (Å²) in [6, 6.07) is 16.2. The van der Waals surface area contributed by atoms with Gasteiger partial charge in [0.1, 0.15) is 19.1 Å². The number of fused-ring (bicyclic) bond motifs is 1. The molecule has 3 rings (SSSR count). The van der Waals surface area contributed by atoms with Crippen LogP contribution in [0.25, 0.3) is 10.8 Å². The van der Waals surface area contributed by atoms with Crippen LogP contribution in [0.4, 0.5) is 0 Å². The van der Waals surface area contributed by atoms with E-state index in [0.717, 1.165) is 19.1 Å². The van der Waals surface area contributed by atoms with E-state index in [9.17, 15) is 0 Å². The lowest BCUT2D eigenvalue weighted by Crippen LogP contribution is -3.17. The van der Waals surface area contributed by atoms with Crippen molar-refractivity contribution in [3.63, 3.8) is 0 Å². The van der Waals surface area contributed by atoms with Gasteiger partial charge in [0.2, 0.25) is 0 Å². The molecule has 0 spiro atoms. The molecular formula is C17H24N2+2. The zero-order chi connectivity index (χ0) is 13.1. The lowest BCUT2D eigenvalue weighted by molar-refractivity contribution is -0.949. The van der Waals surface area contributed by atoms with Gasteiger partial charge in [-0.1, -0.05) is 42.5 Å². The number of nitrogens with one attached hydrogen (secondary N) is 1. The van der Waals surface area contributed by atoms with Crippen LogP contribution in [0.1, 0.15) is 24.8 Å². The smallest absolute Gasteiger partial charge is 0.137 e. The van der Waals surface area contributed by atoms with Gasteiger partial charge in [0.25, 0.3) is 0 Å². The molecule has 0 amide bonds. The Morgan fingerprint density at radius 3 is 2.79 bits per heavy atom. The quantitative estimate of drug-likeness (QED) is 0.822. The number of rotatable bonds is 3. The monoisotopic (exact) mass is 256 g/mol. The van der Waals surface area contributed by atoms with E-state index in [0.29, 0.717) is 0 Å². The highest BCUT2D eigenvalue weighted by Crippen LogP contribution is 2.18. The summed E-state index contributed by atoms with van der Waals surface area (Å²) in [4.78, 5) is 1.73. The van der Waals surface area contributed by atoms with E-state index >= 15 is 0 Å². The average Bonchev–Trinajstić information content (AvgIpc) is 2.48. The van der Waals surface area contributed by atoms with Gasteiger partial charge in [0, 0.05) is 12.0 Å². The summed E-state index contributed by atoms with van der Waals surface area (Å²) in [5, 5.41) is 2.79. The van der Waals surface area contributed by atoms with Crippen LogP contribution in [0.2, 0.25) is 0 Å². The van der Waals surface area contributed by atoms with E-state index < -0.39 is 0 Å². The number of hydrogen-bond donors (Lipinski definition) is 2. The third kappa shape index (κ3) is 2.65. The summed E-state index contributed by atoms with van der Waals surface area (Å²) in [5.74, 6) is 0. The highest BCUT2D eigenvalue weighted by Gasteiger charge is 2.26. The first kappa shape index (κ1) is 12.6. The maximum Gasteiger partial charge on any atom is 0.137 e. The van der Waals surface area contributed by atoms with Crippen LogP contribution < -0.4 is 10.6 Å². The Bertz CT molecular complexity index is 544. The van der Waals surface area contributed by atoms with Crippen LogP contribution >= 0.6 is 0 Å². The van der Waals surface area contributed by atoms with Gasteiger partial charge in [-0.2, -0.15) is 0 Å². The van der Waals surface area contributed by atoms with Crippen molar-refractivity contribution in [3.8, 4) is 0 Å². The van der Waals surface area contributed by atoms with Crippen LogP contribution in [0.5, 0.6) is 0 Å². The van der Waals surface area contributed by atoms with Crippen LogP contribution in [-0.4, -0.2) is 19.1 Å². The Kier molecular flexibility index (Phi) is 3.81. The molecular weight excluding hydrogens is 232 g/mol. The molecule has 1 saturated heterocycles. The van der Waals surface area contributed by atoms with Crippen LogP contribution in [0.15, 0.2) is 42.5 Å². The van der Waals surface area contributed by atoms with E-state index in [4.69, 9.17) is 0 Å². The molecule has 0 bridgehead atoms. The van der Waals surface area contributed by atoms with Crippen molar-refractivity contribution < 1.29 is 10.6 Å². The van der Waals surface area contributed by atoms with E-state index in [1.807, 2.05) is 0 Å². The number of benzene rings is 2. The zero-order valence-electron chi connectivity index (χ0n) is 11.6. The number of likely N-dealkylation sites (tertiary alicyclic amines) is 1. The lowest BCUT2D eigenvalue weighted by Gasteiger charge is -2.30. The first-order valence-corrected chi connectivity index (χ1v) is 7.49. The Balaban J connectivity index is 1.88. The minimum Gasteiger partial charge on any atom is -0.353 e. The van der Waals surface area contributed by atoms with Crippen molar-refractivity contribution in [3.05, 3.63) is 48.0 Å². The Morgan fingerprint density at radius 1 is 1.05 bits per heavy atom. The number of quaternary nitrogens is 2. The SMILES string of the molecule is [NH3+]CC1CCCC[NH+]1Cc1cccc2ccccc12. The highest BCUT2D eigenvalue weighted by atomic mass is 15.2. The minimum atomic E-state index is 0.757. The van der Waals surface area contributed by atoms with Gasteiger partial charge < -0.3 is 10.6 Å². The second-order valence-corrected chi connectivity index (χ2v) is 5.70. The van der Waals surface area contributed by atoms with E-state index in [1.165, 1.54) is 42.1 Å². The fourth-order valence-electron chi connectivity index (χ4n) is 3.42. The van der Waals surface area contributed by atoms with Crippen LogP contribution in [-0.2, 0) is 6.54 Å². The zero-order valence-corrected chi connectivity index (χ0v) is 11.6. The predicted molar refractivity (Wildman–Crippen MR) is 78.9 cm³/mol. The summed E-state index contributed by atoms with van der Waals surface area (Å²) in [7, 11) is 0. The molecule has 4 N–H and O–H groups in total. The molecule has 2 aromatic rings. The van der Waals surface area contributed by atoms with Gasteiger partial charge in [0.05, 0.1) is 6.54 Å². The van der Waals surface area contributed by atoms with Gasteiger partial charge in [-0.15, -0.1) is 0 Å². The average molecular weight is 256 g/mol. The molecule has 19 heavy (non-hydrogen) atoms. The van der Waals surface area contributed by atoms with Crippen molar-refractivity contribution in [1.29, 1.82) is 0 Å². The normalized spacial score (nSPS) is 23.6. The minimum absolute atomic E-state index is 0.757. The first-order valence-electron chi connectivity index (χ1n) is 7.49. The van der Waals surface area contributed by atoms with E-state index in [-0.39, 0.29) is 0 Å². The number of piperidine rings is 1. The maximum atomic E-state index is 4.14. The van der Waals surface area contributed by atoms with E-state index in [1.54, 1.807) is 4.90 Å². The van der Waals surface area contributed by atoms with Crippen molar-refractivity contribution in [2.24, 2.45) is 0 Å². The molecule has 2 unspecified atom stereocenters. The molecule has 0 saturated carbocycles. The molecule has 1 aliphatic rings. The lowest BCUT2D eigenvalue weighted by atomic mass is 9.99. The summed E-state index contributed by atoms with van der Waals surface area (Å²) < 4.78 is 0. The molecule has 1 heterocycles. The van der Waals surface area contributed by atoms with Crippen molar-refractivity contribution >= 4 is 10.8 Å². The third-order valence-corrected chi connectivity index (χ3v) is 4.52. The third-order valence-electron chi connectivity index (χ3n) is 4.52. The fourth-order valence-corrected chi connectivity index (χ4v) is 3.42.